The van der Waals surface area contributed by atoms with Crippen molar-refractivity contribution in [3.63, 3.8) is 0 Å². The summed E-state index contributed by atoms with van der Waals surface area (Å²) in [5.74, 6) is -0.314. The molecular formula is C20H31N7O3. The monoisotopic (exact) mass is 417 g/mol. The molecule has 0 saturated heterocycles. The maximum atomic E-state index is 12.7. The largest absolute Gasteiger partial charge is 0.391 e. The third kappa shape index (κ3) is 7.46. The highest BCUT2D eigenvalue weighted by atomic mass is 16.6. The third-order valence-electron chi connectivity index (χ3n) is 4.19. The lowest BCUT2D eigenvalue weighted by Gasteiger charge is -2.13. The van der Waals surface area contributed by atoms with E-state index >= 15 is 0 Å². The van der Waals surface area contributed by atoms with Crippen LogP contribution in [-0.2, 0) is 22.6 Å². The zero-order valence-corrected chi connectivity index (χ0v) is 16.6. The number of rotatable bonds is 10. The maximum Gasteiger partial charge on any atom is 0.293 e. The van der Waals surface area contributed by atoms with Gasteiger partial charge in [-0.2, -0.15) is 0 Å². The van der Waals surface area contributed by atoms with Crippen molar-refractivity contribution in [1.29, 1.82) is 0 Å². The van der Waals surface area contributed by atoms with Crippen LogP contribution in [0.3, 0.4) is 0 Å². The van der Waals surface area contributed by atoms with E-state index in [0.717, 1.165) is 6.42 Å². The molecule has 6 N–H and O–H groups in total. The zero-order chi connectivity index (χ0) is 21.2. The number of hydrogen-bond acceptors (Lipinski definition) is 6. The van der Waals surface area contributed by atoms with E-state index in [1.54, 1.807) is 13.1 Å². The smallest absolute Gasteiger partial charge is 0.293 e. The highest BCUT2D eigenvalue weighted by Gasteiger charge is 2.11. The molecule has 0 fully saturated rings. The summed E-state index contributed by atoms with van der Waals surface area (Å²) in [6.07, 6.45) is 2.32. The number of benzene rings is 1. The summed E-state index contributed by atoms with van der Waals surface area (Å²) in [5, 5.41) is 9.05. The summed E-state index contributed by atoms with van der Waals surface area (Å²) in [7, 11) is 0. The number of oxime groups is 1. The van der Waals surface area contributed by atoms with Gasteiger partial charge in [-0.15, -0.1) is 0 Å². The van der Waals surface area contributed by atoms with E-state index < -0.39 is 0 Å². The average molecular weight is 418 g/mol. The van der Waals surface area contributed by atoms with Crippen LogP contribution in [0, 0.1) is 13.8 Å². The van der Waals surface area contributed by atoms with E-state index in [1.807, 2.05) is 25.1 Å². The second-order valence-electron chi connectivity index (χ2n) is 6.44. The second-order valence-corrected chi connectivity index (χ2v) is 6.44. The molecule has 10 nitrogen and oxygen atoms in total. The summed E-state index contributed by atoms with van der Waals surface area (Å²) in [6, 6.07) is 8.08. The highest BCUT2D eigenvalue weighted by molar-refractivity contribution is 5.76. The molecule has 1 amide bonds. The fraction of sp³-hybridized carbons (Fsp3) is 0.400. The molecule has 0 spiro atoms. The second kappa shape index (κ2) is 12.1. The van der Waals surface area contributed by atoms with E-state index in [1.165, 1.54) is 15.7 Å². The van der Waals surface area contributed by atoms with Gasteiger partial charge >= 0.3 is 0 Å². The predicted molar refractivity (Wildman–Crippen MR) is 118 cm³/mol. The van der Waals surface area contributed by atoms with Crippen LogP contribution >= 0.6 is 0 Å². The van der Waals surface area contributed by atoms with Crippen molar-refractivity contribution in [3.8, 4) is 0 Å². The van der Waals surface area contributed by atoms with Gasteiger partial charge in [-0.25, -0.2) is 4.98 Å². The number of aryl methyl sites for hydroxylation is 2. The van der Waals surface area contributed by atoms with Crippen LogP contribution in [-0.4, -0.2) is 41.1 Å². The number of guanidine groups is 1. The number of amides is 1. The molecule has 30 heavy (non-hydrogen) atoms. The molecule has 164 valence electrons. The molecule has 0 saturated carbocycles. The Morgan fingerprint density at radius 2 is 1.97 bits per heavy atom. The molecule has 0 aliphatic heterocycles. The summed E-state index contributed by atoms with van der Waals surface area (Å²) in [5.41, 5.74) is 12.9. The van der Waals surface area contributed by atoms with Crippen molar-refractivity contribution in [2.24, 2.45) is 16.6 Å². The lowest BCUT2D eigenvalue weighted by atomic mass is 10.1. The van der Waals surface area contributed by atoms with Crippen molar-refractivity contribution in [2.45, 2.75) is 34.2 Å². The predicted octanol–water partition coefficient (Wildman–Crippen LogP) is 0.472. The minimum absolute atomic E-state index is 0. The van der Waals surface area contributed by atoms with E-state index in [9.17, 15) is 9.59 Å². The standard InChI is InChI=1S/C19H27N7O3.CH4/c1-13-5-3-4-6-15(13)7-8-23-17-18(28)26(14(2)11-24-17)12-16(27)22-9-10-29-25-19(20)21;/h3-6,11H,7-10,12H2,1-2H3,(H,22,27)(H,23,24)(H4,20,21,25);1H4. The van der Waals surface area contributed by atoms with Crippen LogP contribution in [0.25, 0.3) is 0 Å². The topological polar surface area (TPSA) is 150 Å². The van der Waals surface area contributed by atoms with Gasteiger partial charge in [0.15, 0.2) is 5.82 Å². The minimum Gasteiger partial charge on any atom is -0.391 e. The first-order valence-corrected chi connectivity index (χ1v) is 9.21. The first kappa shape index (κ1) is 24.5. The molecule has 1 heterocycles. The Hall–Kier alpha value is -3.56. The molecule has 10 heteroatoms. The molecule has 0 aliphatic carbocycles. The Morgan fingerprint density at radius 1 is 1.23 bits per heavy atom. The van der Waals surface area contributed by atoms with E-state index in [0.29, 0.717) is 12.2 Å². The van der Waals surface area contributed by atoms with Gasteiger partial charge in [-0.05, 0) is 36.6 Å². The number of carbonyl (C=O) groups excluding carboxylic acids is 1. The Bertz CT molecular complexity index is 921. The quantitative estimate of drug-likeness (QED) is 0.190. The van der Waals surface area contributed by atoms with Gasteiger partial charge < -0.3 is 26.9 Å². The van der Waals surface area contributed by atoms with Crippen molar-refractivity contribution in [1.82, 2.24) is 14.9 Å². The third-order valence-corrected chi connectivity index (χ3v) is 4.19. The van der Waals surface area contributed by atoms with Gasteiger partial charge in [0.2, 0.25) is 11.9 Å². The van der Waals surface area contributed by atoms with Crippen LogP contribution in [0.1, 0.15) is 24.2 Å². The number of nitrogens with two attached hydrogens (primary N) is 2. The lowest BCUT2D eigenvalue weighted by molar-refractivity contribution is -0.122. The summed E-state index contributed by atoms with van der Waals surface area (Å²) in [6.45, 7) is 4.52. The highest BCUT2D eigenvalue weighted by Crippen LogP contribution is 2.08. The number of carbonyl (C=O) groups is 1. The van der Waals surface area contributed by atoms with E-state index in [4.69, 9.17) is 16.3 Å². The Kier molecular flexibility index (Phi) is 9.87. The lowest BCUT2D eigenvalue weighted by Crippen LogP contribution is -2.36. The minimum atomic E-state index is -0.346. The van der Waals surface area contributed by atoms with Crippen molar-refractivity contribution in [2.75, 3.05) is 25.0 Å². The number of hydrogen-bond donors (Lipinski definition) is 4. The molecule has 0 bridgehead atoms. The molecule has 0 aliphatic rings. The Balaban J connectivity index is 0.00000450. The van der Waals surface area contributed by atoms with Gasteiger partial charge in [0, 0.05) is 18.4 Å². The van der Waals surface area contributed by atoms with Gasteiger partial charge in [0.1, 0.15) is 13.2 Å². The average Bonchev–Trinajstić information content (AvgIpc) is 2.68. The fourth-order valence-corrected chi connectivity index (χ4v) is 2.65. The number of nitrogens with zero attached hydrogens (tertiary/aromatic N) is 3. The zero-order valence-electron chi connectivity index (χ0n) is 16.6. The molecule has 0 atom stereocenters. The molecule has 2 rings (SSSR count). The van der Waals surface area contributed by atoms with Crippen molar-refractivity contribution < 1.29 is 9.63 Å². The SMILES string of the molecule is C.Cc1ccccc1CCNc1ncc(C)n(CC(=O)NCCON=C(N)N)c1=O. The van der Waals surface area contributed by atoms with Gasteiger partial charge in [0.25, 0.3) is 5.56 Å². The van der Waals surface area contributed by atoms with E-state index in [2.05, 4.69) is 26.8 Å². The molecule has 1 aromatic carbocycles. The molecule has 2 aromatic rings. The van der Waals surface area contributed by atoms with Crippen LogP contribution in [0.2, 0.25) is 0 Å². The van der Waals surface area contributed by atoms with Gasteiger partial charge in [-0.3, -0.25) is 14.2 Å². The summed E-state index contributed by atoms with van der Waals surface area (Å²) >= 11 is 0. The first-order valence-electron chi connectivity index (χ1n) is 9.21. The van der Waals surface area contributed by atoms with Gasteiger partial charge in [0.05, 0.1) is 6.54 Å². The molecule has 0 radical (unpaired) electrons. The summed E-state index contributed by atoms with van der Waals surface area (Å²) in [4.78, 5) is 33.7. The number of anilines is 1. The number of nitrogens with one attached hydrogen (secondary N) is 2. The molecular weight excluding hydrogens is 386 g/mol. The Labute approximate surface area is 176 Å². The molecule has 1 aromatic heterocycles. The van der Waals surface area contributed by atoms with Crippen LogP contribution < -0.4 is 27.7 Å². The normalized spacial score (nSPS) is 9.93. The molecule has 0 unspecified atom stereocenters. The van der Waals surface area contributed by atoms with Crippen LogP contribution in [0.15, 0.2) is 40.4 Å². The van der Waals surface area contributed by atoms with E-state index in [-0.39, 0.29) is 50.4 Å². The van der Waals surface area contributed by atoms with Crippen LogP contribution in [0.5, 0.6) is 0 Å². The Morgan fingerprint density at radius 3 is 2.67 bits per heavy atom. The van der Waals surface area contributed by atoms with Gasteiger partial charge in [-0.1, -0.05) is 31.7 Å². The first-order chi connectivity index (χ1) is 13.9. The van der Waals surface area contributed by atoms with Crippen LogP contribution in [0.4, 0.5) is 5.82 Å². The number of aromatic nitrogens is 2. The van der Waals surface area contributed by atoms with Crippen molar-refractivity contribution >= 4 is 17.7 Å². The summed E-state index contributed by atoms with van der Waals surface area (Å²) < 4.78 is 1.37. The maximum absolute atomic E-state index is 12.7. The van der Waals surface area contributed by atoms with Crippen molar-refractivity contribution in [3.05, 3.63) is 57.6 Å². The fourth-order valence-electron chi connectivity index (χ4n) is 2.65.